The van der Waals surface area contributed by atoms with Crippen LogP contribution in [0.1, 0.15) is 17.3 Å². The van der Waals surface area contributed by atoms with Crippen molar-refractivity contribution in [2.24, 2.45) is 10.2 Å². The molecule has 0 aromatic heterocycles. The molecule has 0 fully saturated rings. The molecule has 2 aromatic rings. The standard InChI is InChI=1S/C14H11N3O6/c1-7(18)13-12(20)5-3-9(14(13)21)15-16-10-6-8(17(22)23)2-4-11(10)19/h2-6,19-21H,1H3. The van der Waals surface area contributed by atoms with Gasteiger partial charge in [0.25, 0.3) is 5.69 Å². The summed E-state index contributed by atoms with van der Waals surface area (Å²) < 4.78 is 0. The van der Waals surface area contributed by atoms with Crippen LogP contribution >= 0.6 is 0 Å². The Morgan fingerprint density at radius 1 is 1.04 bits per heavy atom. The Balaban J connectivity index is 2.46. The number of nitro groups is 1. The van der Waals surface area contributed by atoms with Crippen molar-refractivity contribution in [1.82, 2.24) is 0 Å². The number of non-ortho nitro benzene ring substituents is 1. The third-order valence-electron chi connectivity index (χ3n) is 2.92. The number of benzene rings is 2. The Kier molecular flexibility index (Phi) is 4.21. The number of aromatic hydroxyl groups is 3. The molecule has 0 bridgehead atoms. The maximum absolute atomic E-state index is 11.4. The van der Waals surface area contributed by atoms with Gasteiger partial charge in [-0.2, -0.15) is 0 Å². The molecule has 0 saturated carbocycles. The van der Waals surface area contributed by atoms with Crippen molar-refractivity contribution in [2.75, 3.05) is 0 Å². The Morgan fingerprint density at radius 3 is 2.26 bits per heavy atom. The average molecular weight is 317 g/mol. The van der Waals surface area contributed by atoms with Crippen molar-refractivity contribution in [2.45, 2.75) is 6.92 Å². The lowest BCUT2D eigenvalue weighted by atomic mass is 10.1. The zero-order valence-corrected chi connectivity index (χ0v) is 11.8. The van der Waals surface area contributed by atoms with Gasteiger partial charge in [-0.05, 0) is 25.1 Å². The summed E-state index contributed by atoms with van der Waals surface area (Å²) in [6, 6.07) is 5.54. The lowest BCUT2D eigenvalue weighted by Crippen LogP contribution is -1.93. The first-order valence-corrected chi connectivity index (χ1v) is 6.26. The van der Waals surface area contributed by atoms with Crippen LogP contribution in [0.15, 0.2) is 40.6 Å². The van der Waals surface area contributed by atoms with Crippen molar-refractivity contribution in [3.63, 3.8) is 0 Å². The van der Waals surface area contributed by atoms with E-state index >= 15 is 0 Å². The summed E-state index contributed by atoms with van der Waals surface area (Å²) in [5.74, 6) is -1.90. The normalized spacial score (nSPS) is 10.8. The summed E-state index contributed by atoms with van der Waals surface area (Å²) >= 11 is 0. The topological polar surface area (TPSA) is 146 Å². The fourth-order valence-electron chi connectivity index (χ4n) is 1.81. The van der Waals surface area contributed by atoms with Crippen molar-refractivity contribution in [1.29, 1.82) is 0 Å². The quantitative estimate of drug-likeness (QED) is 0.341. The fourth-order valence-corrected chi connectivity index (χ4v) is 1.81. The molecule has 0 aliphatic heterocycles. The predicted octanol–water partition coefficient (Wildman–Crippen LogP) is 3.33. The highest BCUT2D eigenvalue weighted by Gasteiger charge is 2.16. The number of carbonyl (C=O) groups is 1. The maximum Gasteiger partial charge on any atom is 0.271 e. The van der Waals surface area contributed by atoms with E-state index < -0.39 is 22.2 Å². The molecule has 0 heterocycles. The largest absolute Gasteiger partial charge is 0.507 e. The highest BCUT2D eigenvalue weighted by Crippen LogP contribution is 2.38. The third-order valence-corrected chi connectivity index (χ3v) is 2.92. The summed E-state index contributed by atoms with van der Waals surface area (Å²) in [5.41, 5.74) is -0.934. The van der Waals surface area contributed by atoms with E-state index in [2.05, 4.69) is 10.2 Å². The summed E-state index contributed by atoms with van der Waals surface area (Å²) in [4.78, 5) is 21.4. The molecule has 0 atom stereocenters. The van der Waals surface area contributed by atoms with E-state index in [9.17, 15) is 30.2 Å². The van der Waals surface area contributed by atoms with E-state index in [1.165, 1.54) is 6.07 Å². The average Bonchev–Trinajstić information content (AvgIpc) is 2.47. The van der Waals surface area contributed by atoms with Gasteiger partial charge in [0.15, 0.2) is 11.5 Å². The van der Waals surface area contributed by atoms with Crippen LogP contribution in [0.4, 0.5) is 17.1 Å². The minimum Gasteiger partial charge on any atom is -0.507 e. The van der Waals surface area contributed by atoms with Gasteiger partial charge in [-0.1, -0.05) is 0 Å². The first-order chi connectivity index (χ1) is 10.8. The number of Topliss-reactive ketones (excluding diaryl/α,β-unsaturated/α-hetero) is 1. The Hall–Kier alpha value is -3.49. The first kappa shape index (κ1) is 15.9. The van der Waals surface area contributed by atoms with Gasteiger partial charge < -0.3 is 15.3 Å². The van der Waals surface area contributed by atoms with Crippen LogP contribution in [0.3, 0.4) is 0 Å². The number of phenolic OH excluding ortho intramolecular Hbond substituents is 3. The number of ketones is 1. The van der Waals surface area contributed by atoms with Gasteiger partial charge in [0.05, 0.1) is 4.92 Å². The zero-order valence-electron chi connectivity index (χ0n) is 11.8. The molecular formula is C14H11N3O6. The molecule has 2 rings (SSSR count). The predicted molar refractivity (Wildman–Crippen MR) is 78.7 cm³/mol. The molecule has 9 nitrogen and oxygen atoms in total. The Bertz CT molecular complexity index is 832. The molecule has 0 aliphatic rings. The number of nitro benzene ring substituents is 1. The fraction of sp³-hybridized carbons (Fsp3) is 0.0714. The van der Waals surface area contributed by atoms with Crippen LogP contribution in [-0.4, -0.2) is 26.0 Å². The lowest BCUT2D eigenvalue weighted by molar-refractivity contribution is -0.384. The van der Waals surface area contributed by atoms with Crippen LogP contribution in [-0.2, 0) is 0 Å². The van der Waals surface area contributed by atoms with Crippen molar-refractivity contribution >= 4 is 22.8 Å². The third kappa shape index (κ3) is 3.23. The van der Waals surface area contributed by atoms with Gasteiger partial charge in [0.2, 0.25) is 0 Å². The number of phenols is 3. The van der Waals surface area contributed by atoms with E-state index in [0.717, 1.165) is 31.2 Å². The molecule has 23 heavy (non-hydrogen) atoms. The van der Waals surface area contributed by atoms with E-state index in [-0.39, 0.29) is 28.4 Å². The molecule has 0 aliphatic carbocycles. The van der Waals surface area contributed by atoms with Gasteiger partial charge in [-0.15, -0.1) is 10.2 Å². The number of nitrogens with zero attached hydrogens (tertiary/aromatic N) is 3. The molecule has 0 amide bonds. The number of carbonyl (C=O) groups excluding carboxylic acids is 1. The van der Waals surface area contributed by atoms with Crippen LogP contribution in [0.2, 0.25) is 0 Å². The minimum atomic E-state index is -0.662. The first-order valence-electron chi connectivity index (χ1n) is 6.26. The van der Waals surface area contributed by atoms with E-state index in [1.807, 2.05) is 0 Å². The van der Waals surface area contributed by atoms with Gasteiger partial charge >= 0.3 is 0 Å². The monoisotopic (exact) mass is 317 g/mol. The minimum absolute atomic E-state index is 0.140. The van der Waals surface area contributed by atoms with Gasteiger partial charge in [0.1, 0.15) is 28.4 Å². The molecule has 118 valence electrons. The number of hydrogen-bond donors (Lipinski definition) is 3. The number of rotatable bonds is 4. The second-order valence-electron chi connectivity index (χ2n) is 4.51. The molecule has 0 unspecified atom stereocenters. The van der Waals surface area contributed by atoms with E-state index in [0.29, 0.717) is 0 Å². The number of hydrogen-bond acceptors (Lipinski definition) is 8. The highest BCUT2D eigenvalue weighted by molar-refractivity contribution is 6.00. The summed E-state index contributed by atoms with van der Waals surface area (Å²) in [6.45, 7) is 1.15. The Morgan fingerprint density at radius 2 is 1.65 bits per heavy atom. The van der Waals surface area contributed by atoms with Crippen molar-refractivity contribution in [3.05, 3.63) is 46.0 Å². The van der Waals surface area contributed by atoms with Crippen LogP contribution < -0.4 is 0 Å². The highest BCUT2D eigenvalue weighted by atomic mass is 16.6. The van der Waals surface area contributed by atoms with Crippen LogP contribution in [0.25, 0.3) is 0 Å². The molecule has 0 saturated heterocycles. The van der Waals surface area contributed by atoms with Crippen LogP contribution in [0.5, 0.6) is 17.2 Å². The maximum atomic E-state index is 11.4. The lowest BCUT2D eigenvalue weighted by Gasteiger charge is -2.05. The van der Waals surface area contributed by atoms with Gasteiger partial charge in [0, 0.05) is 12.1 Å². The summed E-state index contributed by atoms with van der Waals surface area (Å²) in [6.07, 6.45) is 0. The van der Waals surface area contributed by atoms with E-state index in [1.54, 1.807) is 0 Å². The van der Waals surface area contributed by atoms with Crippen molar-refractivity contribution < 1.29 is 25.0 Å². The van der Waals surface area contributed by atoms with Gasteiger partial charge in [-0.3, -0.25) is 14.9 Å². The molecule has 0 spiro atoms. The molecular weight excluding hydrogens is 306 g/mol. The Labute approximate surface area is 129 Å². The molecule has 0 radical (unpaired) electrons. The van der Waals surface area contributed by atoms with Crippen molar-refractivity contribution in [3.8, 4) is 17.2 Å². The second-order valence-corrected chi connectivity index (χ2v) is 4.51. The van der Waals surface area contributed by atoms with Crippen LogP contribution in [0, 0.1) is 10.1 Å². The summed E-state index contributed by atoms with van der Waals surface area (Å²) in [5, 5.41) is 47.1. The SMILES string of the molecule is CC(=O)c1c(O)ccc(N=Nc2cc([N+](=O)[O-])ccc2O)c1O. The molecule has 9 heteroatoms. The second kappa shape index (κ2) is 6.10. The smallest absolute Gasteiger partial charge is 0.271 e. The summed E-state index contributed by atoms with van der Waals surface area (Å²) in [7, 11) is 0. The molecule has 3 N–H and O–H groups in total. The van der Waals surface area contributed by atoms with Gasteiger partial charge in [-0.25, -0.2) is 0 Å². The number of azo groups is 1. The zero-order chi connectivity index (χ0) is 17.1. The molecule has 2 aromatic carbocycles. The van der Waals surface area contributed by atoms with E-state index in [4.69, 9.17) is 0 Å².